The maximum Gasteiger partial charge on any atom is 0.223 e. The van der Waals surface area contributed by atoms with Crippen molar-refractivity contribution in [2.75, 3.05) is 13.1 Å². The van der Waals surface area contributed by atoms with E-state index in [1.54, 1.807) is 0 Å². The van der Waals surface area contributed by atoms with Gasteiger partial charge >= 0.3 is 0 Å². The van der Waals surface area contributed by atoms with Crippen LogP contribution in [0.4, 0.5) is 0 Å². The predicted octanol–water partition coefficient (Wildman–Crippen LogP) is 2.65. The number of rotatable bonds is 5. The number of nitrogens with one attached hydrogen (secondary N) is 1. The zero-order valence-corrected chi connectivity index (χ0v) is 12.4. The van der Waals surface area contributed by atoms with Crippen molar-refractivity contribution in [3.8, 4) is 0 Å². The zero-order chi connectivity index (χ0) is 14.8. The molecular formula is C18H22N2O. The Kier molecular flexibility index (Phi) is 3.93. The highest BCUT2D eigenvalue weighted by molar-refractivity contribution is 5.85. The van der Waals surface area contributed by atoms with Gasteiger partial charge in [-0.3, -0.25) is 4.79 Å². The van der Waals surface area contributed by atoms with Gasteiger partial charge in [-0.05, 0) is 41.1 Å². The molecule has 2 aromatic rings. The van der Waals surface area contributed by atoms with Gasteiger partial charge in [-0.1, -0.05) is 49.4 Å². The van der Waals surface area contributed by atoms with Crippen LogP contribution in [0.25, 0.3) is 10.8 Å². The molecule has 3 rings (SSSR count). The van der Waals surface area contributed by atoms with Gasteiger partial charge in [-0.15, -0.1) is 0 Å². The molecule has 0 heterocycles. The summed E-state index contributed by atoms with van der Waals surface area (Å²) in [6, 6.07) is 14.9. The molecule has 0 aliphatic heterocycles. The van der Waals surface area contributed by atoms with Crippen LogP contribution < -0.4 is 11.1 Å². The molecule has 0 aromatic heterocycles. The van der Waals surface area contributed by atoms with E-state index in [4.69, 9.17) is 5.73 Å². The van der Waals surface area contributed by atoms with Gasteiger partial charge in [0, 0.05) is 12.5 Å². The Morgan fingerprint density at radius 3 is 2.81 bits per heavy atom. The monoisotopic (exact) mass is 282 g/mol. The second kappa shape index (κ2) is 5.86. The van der Waals surface area contributed by atoms with Crippen LogP contribution in [0.2, 0.25) is 0 Å². The minimum atomic E-state index is 0.135. The van der Waals surface area contributed by atoms with Crippen LogP contribution in [0.1, 0.15) is 24.8 Å². The molecule has 1 amide bonds. The summed E-state index contributed by atoms with van der Waals surface area (Å²) in [6.45, 7) is 3.34. The Labute approximate surface area is 125 Å². The number of hydrogen-bond donors (Lipinski definition) is 2. The molecule has 3 unspecified atom stereocenters. The Morgan fingerprint density at radius 1 is 1.29 bits per heavy atom. The van der Waals surface area contributed by atoms with E-state index >= 15 is 0 Å². The first-order valence-corrected chi connectivity index (χ1v) is 7.65. The molecule has 3 nitrogen and oxygen atoms in total. The van der Waals surface area contributed by atoms with Gasteiger partial charge in [-0.25, -0.2) is 0 Å². The first-order valence-electron chi connectivity index (χ1n) is 7.65. The van der Waals surface area contributed by atoms with Crippen molar-refractivity contribution >= 4 is 16.7 Å². The van der Waals surface area contributed by atoms with Crippen molar-refractivity contribution < 1.29 is 4.79 Å². The summed E-state index contributed by atoms with van der Waals surface area (Å²) < 4.78 is 0. The summed E-state index contributed by atoms with van der Waals surface area (Å²) in [5.74, 6) is 1.03. The Morgan fingerprint density at radius 2 is 2.05 bits per heavy atom. The van der Waals surface area contributed by atoms with E-state index in [2.05, 4.69) is 41.7 Å². The molecule has 1 fully saturated rings. The fraction of sp³-hybridized carbons (Fsp3) is 0.389. The molecule has 1 aliphatic rings. The summed E-state index contributed by atoms with van der Waals surface area (Å²) in [4.78, 5) is 12.1. The van der Waals surface area contributed by atoms with E-state index in [-0.39, 0.29) is 11.8 Å². The van der Waals surface area contributed by atoms with Gasteiger partial charge in [0.1, 0.15) is 0 Å². The summed E-state index contributed by atoms with van der Waals surface area (Å²) in [5, 5.41) is 5.51. The third-order valence-electron chi connectivity index (χ3n) is 4.36. The number of nitrogens with two attached hydrogens (primary N) is 1. The number of carbonyl (C=O) groups excluding carboxylic acids is 1. The highest BCUT2D eigenvalue weighted by Gasteiger charge is 2.43. The van der Waals surface area contributed by atoms with Gasteiger partial charge in [-0.2, -0.15) is 0 Å². The van der Waals surface area contributed by atoms with E-state index < -0.39 is 0 Å². The number of hydrogen-bond acceptors (Lipinski definition) is 2. The maximum absolute atomic E-state index is 12.1. The first kappa shape index (κ1) is 14.1. The van der Waals surface area contributed by atoms with Gasteiger partial charge in [0.05, 0.1) is 0 Å². The molecule has 1 aliphatic carbocycles. The number of carbonyl (C=O) groups is 1. The van der Waals surface area contributed by atoms with Crippen molar-refractivity contribution in [2.24, 2.45) is 17.6 Å². The molecule has 0 radical (unpaired) electrons. The minimum Gasteiger partial charge on any atom is -0.356 e. The molecule has 21 heavy (non-hydrogen) atoms. The van der Waals surface area contributed by atoms with Crippen molar-refractivity contribution in [1.29, 1.82) is 0 Å². The van der Waals surface area contributed by atoms with Crippen molar-refractivity contribution in [3.63, 3.8) is 0 Å². The lowest BCUT2D eigenvalue weighted by Crippen LogP contribution is -2.32. The van der Waals surface area contributed by atoms with E-state index in [0.29, 0.717) is 24.9 Å². The van der Waals surface area contributed by atoms with E-state index in [9.17, 15) is 4.79 Å². The van der Waals surface area contributed by atoms with Crippen molar-refractivity contribution in [3.05, 3.63) is 48.0 Å². The molecule has 0 spiro atoms. The van der Waals surface area contributed by atoms with Crippen molar-refractivity contribution in [2.45, 2.75) is 19.3 Å². The van der Waals surface area contributed by atoms with Crippen LogP contribution in [0.15, 0.2) is 42.5 Å². The molecule has 2 aromatic carbocycles. The lowest BCUT2D eigenvalue weighted by atomic mass is 10.0. The third-order valence-corrected chi connectivity index (χ3v) is 4.36. The maximum atomic E-state index is 12.1. The molecule has 3 atom stereocenters. The molecular weight excluding hydrogens is 260 g/mol. The van der Waals surface area contributed by atoms with E-state index in [1.165, 1.54) is 16.3 Å². The zero-order valence-electron chi connectivity index (χ0n) is 12.4. The van der Waals surface area contributed by atoms with Gasteiger partial charge < -0.3 is 11.1 Å². The number of amides is 1. The molecule has 3 heteroatoms. The normalized spacial score (nSPS) is 22.0. The van der Waals surface area contributed by atoms with Crippen LogP contribution in [0.5, 0.6) is 0 Å². The van der Waals surface area contributed by atoms with Gasteiger partial charge in [0.15, 0.2) is 0 Å². The topological polar surface area (TPSA) is 55.1 Å². The largest absolute Gasteiger partial charge is 0.356 e. The van der Waals surface area contributed by atoms with Crippen LogP contribution in [-0.4, -0.2) is 19.0 Å². The SMILES string of the molecule is CC(CN)CNC(=O)C1CC1c1ccc2ccccc2c1. The fourth-order valence-corrected chi connectivity index (χ4v) is 2.78. The molecule has 3 N–H and O–H groups in total. The smallest absolute Gasteiger partial charge is 0.223 e. The lowest BCUT2D eigenvalue weighted by Gasteiger charge is -2.10. The van der Waals surface area contributed by atoms with E-state index in [1.807, 2.05) is 13.0 Å². The van der Waals surface area contributed by atoms with E-state index in [0.717, 1.165) is 6.42 Å². The molecule has 0 bridgehead atoms. The first-order chi connectivity index (χ1) is 10.2. The molecule has 0 saturated heterocycles. The quantitative estimate of drug-likeness (QED) is 0.886. The fourth-order valence-electron chi connectivity index (χ4n) is 2.78. The predicted molar refractivity (Wildman–Crippen MR) is 86.0 cm³/mol. The summed E-state index contributed by atoms with van der Waals surface area (Å²) >= 11 is 0. The summed E-state index contributed by atoms with van der Waals surface area (Å²) in [6.07, 6.45) is 0.960. The minimum absolute atomic E-state index is 0.135. The number of fused-ring (bicyclic) bond motifs is 1. The second-order valence-corrected chi connectivity index (χ2v) is 6.14. The summed E-state index contributed by atoms with van der Waals surface area (Å²) in [5.41, 5.74) is 6.85. The Hall–Kier alpha value is -1.87. The third kappa shape index (κ3) is 3.08. The Balaban J connectivity index is 1.64. The highest BCUT2D eigenvalue weighted by Crippen LogP contribution is 2.48. The van der Waals surface area contributed by atoms with Crippen LogP contribution >= 0.6 is 0 Å². The number of benzene rings is 2. The lowest BCUT2D eigenvalue weighted by molar-refractivity contribution is -0.122. The Bertz CT molecular complexity index is 652. The van der Waals surface area contributed by atoms with Gasteiger partial charge in [0.25, 0.3) is 0 Å². The van der Waals surface area contributed by atoms with Crippen LogP contribution in [0, 0.1) is 11.8 Å². The second-order valence-electron chi connectivity index (χ2n) is 6.14. The summed E-state index contributed by atoms with van der Waals surface area (Å²) in [7, 11) is 0. The van der Waals surface area contributed by atoms with Crippen molar-refractivity contribution in [1.82, 2.24) is 5.32 Å². The van der Waals surface area contributed by atoms with Gasteiger partial charge in [0.2, 0.25) is 5.91 Å². The average molecular weight is 282 g/mol. The van der Waals surface area contributed by atoms with Crippen LogP contribution in [0.3, 0.4) is 0 Å². The molecule has 1 saturated carbocycles. The standard InChI is InChI=1S/C18H22N2O/c1-12(10-19)11-20-18(21)17-9-16(17)15-7-6-13-4-2-3-5-14(13)8-15/h2-8,12,16-17H,9-11,19H2,1H3,(H,20,21). The highest BCUT2D eigenvalue weighted by atomic mass is 16.2. The van der Waals surface area contributed by atoms with Crippen LogP contribution in [-0.2, 0) is 4.79 Å². The average Bonchev–Trinajstić information content (AvgIpc) is 3.32. The molecule has 110 valence electrons.